The predicted molar refractivity (Wildman–Crippen MR) is 95.3 cm³/mol. The second-order valence-corrected chi connectivity index (χ2v) is 6.82. The van der Waals surface area contributed by atoms with Crippen molar-refractivity contribution in [2.45, 2.75) is 31.9 Å². The molecular formula is C16H18BN5O6. The monoisotopic (exact) mass is 387 g/mol. The number of fused-ring (bicyclic) bond motifs is 1. The Balaban J connectivity index is 1.26. The van der Waals surface area contributed by atoms with Crippen molar-refractivity contribution in [3.05, 3.63) is 45.8 Å². The number of carbonyl (C=O) groups excluding carboxylic acids is 1. The highest BCUT2D eigenvalue weighted by atomic mass is 16.6. The molecule has 0 saturated carbocycles. The maximum Gasteiger partial charge on any atom is 0.522 e. The van der Waals surface area contributed by atoms with E-state index < -0.39 is 18.6 Å². The molecule has 0 bridgehead atoms. The van der Waals surface area contributed by atoms with Crippen LogP contribution in [-0.4, -0.2) is 62.1 Å². The molecule has 1 saturated heterocycles. The molecule has 146 valence electrons. The van der Waals surface area contributed by atoms with E-state index in [9.17, 15) is 19.9 Å². The van der Waals surface area contributed by atoms with Gasteiger partial charge in [0.05, 0.1) is 19.3 Å². The van der Waals surface area contributed by atoms with Gasteiger partial charge in [0.1, 0.15) is 24.1 Å². The first-order chi connectivity index (χ1) is 13.5. The zero-order valence-electron chi connectivity index (χ0n) is 14.9. The molecule has 12 heteroatoms. The smallest absolute Gasteiger partial charge is 0.522 e. The van der Waals surface area contributed by atoms with Crippen LogP contribution >= 0.6 is 0 Å². The fourth-order valence-electron chi connectivity index (χ4n) is 3.18. The summed E-state index contributed by atoms with van der Waals surface area (Å²) in [5, 5.41) is 27.5. The number of rotatable bonds is 6. The number of carbonyl (C=O) groups is 1. The molecule has 2 aliphatic rings. The van der Waals surface area contributed by atoms with Gasteiger partial charge < -0.3 is 19.3 Å². The first-order valence-electron chi connectivity index (χ1n) is 8.89. The molecule has 1 aromatic carbocycles. The van der Waals surface area contributed by atoms with Crippen molar-refractivity contribution >= 4 is 13.0 Å². The lowest BCUT2D eigenvalue weighted by atomic mass is 9.79. The molecule has 2 aromatic rings. The van der Waals surface area contributed by atoms with E-state index in [2.05, 4.69) is 10.3 Å². The summed E-state index contributed by atoms with van der Waals surface area (Å²) in [6.07, 6.45) is 2.60. The van der Waals surface area contributed by atoms with Crippen LogP contribution < -0.4 is 9.39 Å². The number of amides is 1. The van der Waals surface area contributed by atoms with Crippen LogP contribution in [0.5, 0.6) is 11.5 Å². The molecule has 2 aliphatic heterocycles. The summed E-state index contributed by atoms with van der Waals surface area (Å²) in [6.45, 7) is 0.434. The molecule has 3 heterocycles. The molecular weight excluding hydrogens is 369 g/mol. The van der Waals surface area contributed by atoms with Crippen molar-refractivity contribution in [2.24, 2.45) is 0 Å². The number of aryl methyl sites for hydroxylation is 1. The normalized spacial score (nSPS) is 16.2. The van der Waals surface area contributed by atoms with Crippen molar-refractivity contribution in [2.75, 3.05) is 13.1 Å². The SMILES string of the molecule is O=C(Cn1cc(C[N+](=O)[O-])nn1)N1CC(Oc2ccc3c(c2)OB(O)CC3)C1. The van der Waals surface area contributed by atoms with Crippen molar-refractivity contribution < 1.29 is 24.1 Å². The van der Waals surface area contributed by atoms with E-state index in [1.807, 2.05) is 12.1 Å². The lowest BCUT2D eigenvalue weighted by molar-refractivity contribution is -0.497. The van der Waals surface area contributed by atoms with Gasteiger partial charge in [0.15, 0.2) is 5.69 Å². The number of benzene rings is 1. The predicted octanol–water partition coefficient (Wildman–Crippen LogP) is -0.240. The topological polar surface area (TPSA) is 133 Å². The lowest BCUT2D eigenvalue weighted by Crippen LogP contribution is -2.56. The minimum absolute atomic E-state index is 0.0258. The van der Waals surface area contributed by atoms with Crippen LogP contribution in [-0.2, 0) is 24.3 Å². The van der Waals surface area contributed by atoms with Crippen LogP contribution in [0.4, 0.5) is 0 Å². The van der Waals surface area contributed by atoms with Crippen LogP contribution in [0.2, 0.25) is 6.32 Å². The average Bonchev–Trinajstić information content (AvgIpc) is 3.03. The highest BCUT2D eigenvalue weighted by Gasteiger charge is 2.33. The highest BCUT2D eigenvalue weighted by molar-refractivity contribution is 6.44. The van der Waals surface area contributed by atoms with Gasteiger partial charge in [-0.2, -0.15) is 0 Å². The van der Waals surface area contributed by atoms with Crippen LogP contribution in [0, 0.1) is 10.1 Å². The Morgan fingerprint density at radius 3 is 3.07 bits per heavy atom. The number of nitro groups is 1. The van der Waals surface area contributed by atoms with Gasteiger partial charge in [-0.3, -0.25) is 14.9 Å². The summed E-state index contributed by atoms with van der Waals surface area (Å²) in [6, 6.07) is 5.54. The molecule has 1 fully saturated rings. The molecule has 0 radical (unpaired) electrons. The largest absolute Gasteiger partial charge is 0.536 e. The van der Waals surface area contributed by atoms with Gasteiger partial charge in [0, 0.05) is 11.0 Å². The van der Waals surface area contributed by atoms with Gasteiger partial charge in [-0.1, -0.05) is 11.3 Å². The number of aromatic nitrogens is 3. The third-order valence-corrected chi connectivity index (χ3v) is 4.64. The quantitative estimate of drug-likeness (QED) is 0.408. The fraction of sp³-hybridized carbons (Fsp3) is 0.438. The zero-order chi connectivity index (χ0) is 19.7. The Morgan fingerprint density at radius 1 is 1.46 bits per heavy atom. The molecule has 0 atom stereocenters. The van der Waals surface area contributed by atoms with E-state index >= 15 is 0 Å². The summed E-state index contributed by atoms with van der Waals surface area (Å²) in [5.41, 5.74) is 1.25. The Kier molecular flexibility index (Phi) is 4.86. The number of hydrogen-bond donors (Lipinski definition) is 1. The minimum atomic E-state index is -0.790. The molecule has 1 N–H and O–H groups in total. The van der Waals surface area contributed by atoms with Crippen LogP contribution in [0.1, 0.15) is 11.3 Å². The lowest BCUT2D eigenvalue weighted by Gasteiger charge is -2.39. The van der Waals surface area contributed by atoms with E-state index in [0.29, 0.717) is 30.9 Å². The van der Waals surface area contributed by atoms with E-state index in [0.717, 1.165) is 12.0 Å². The summed E-state index contributed by atoms with van der Waals surface area (Å²) in [4.78, 5) is 23.8. The van der Waals surface area contributed by atoms with E-state index in [1.165, 1.54) is 10.9 Å². The molecule has 0 unspecified atom stereocenters. The van der Waals surface area contributed by atoms with Crippen LogP contribution in [0.15, 0.2) is 24.4 Å². The van der Waals surface area contributed by atoms with Gasteiger partial charge in [0.25, 0.3) is 0 Å². The third-order valence-electron chi connectivity index (χ3n) is 4.64. The molecule has 0 spiro atoms. The molecule has 28 heavy (non-hydrogen) atoms. The van der Waals surface area contributed by atoms with E-state index in [-0.39, 0.29) is 24.2 Å². The second kappa shape index (κ2) is 7.47. The summed E-state index contributed by atoms with van der Waals surface area (Å²) >= 11 is 0. The van der Waals surface area contributed by atoms with Gasteiger partial charge in [-0.05, 0) is 24.4 Å². The van der Waals surface area contributed by atoms with Crippen molar-refractivity contribution in [3.8, 4) is 11.5 Å². The van der Waals surface area contributed by atoms with E-state index in [1.54, 1.807) is 11.0 Å². The summed E-state index contributed by atoms with van der Waals surface area (Å²) in [7, 11) is -0.790. The maximum atomic E-state index is 12.3. The standard InChI is InChI=1S/C16H18BN5O6/c23-16(10-21-6-12(18-19-21)7-22(25)26)20-8-14(9-20)27-13-2-1-11-3-4-17(24)28-15(11)5-13/h1-2,5-6,14,24H,3-4,7-10H2. The minimum Gasteiger partial charge on any atom is -0.536 e. The van der Waals surface area contributed by atoms with Crippen molar-refractivity contribution in [1.29, 1.82) is 0 Å². The maximum absolute atomic E-state index is 12.3. The Labute approximate surface area is 160 Å². The van der Waals surface area contributed by atoms with Gasteiger partial charge in [0.2, 0.25) is 12.5 Å². The van der Waals surface area contributed by atoms with Crippen LogP contribution in [0.3, 0.4) is 0 Å². The zero-order valence-corrected chi connectivity index (χ0v) is 14.9. The number of likely N-dealkylation sites (tertiary alicyclic amines) is 1. The number of hydrogen-bond acceptors (Lipinski definition) is 8. The molecule has 4 rings (SSSR count). The first kappa shape index (κ1) is 18.2. The molecule has 11 nitrogen and oxygen atoms in total. The summed E-state index contributed by atoms with van der Waals surface area (Å²) in [5.74, 6) is 1.10. The summed E-state index contributed by atoms with van der Waals surface area (Å²) < 4.78 is 12.6. The first-order valence-corrected chi connectivity index (χ1v) is 8.89. The van der Waals surface area contributed by atoms with Crippen LogP contribution in [0.25, 0.3) is 0 Å². The van der Waals surface area contributed by atoms with Gasteiger partial charge in [-0.25, -0.2) is 4.68 Å². The Morgan fingerprint density at radius 2 is 2.29 bits per heavy atom. The Bertz CT molecular complexity index is 899. The average molecular weight is 387 g/mol. The molecule has 1 amide bonds. The fourth-order valence-corrected chi connectivity index (χ4v) is 3.18. The molecule has 0 aliphatic carbocycles. The second-order valence-electron chi connectivity index (χ2n) is 6.82. The number of ether oxygens (including phenoxy) is 1. The Hall–Kier alpha value is -3.15. The van der Waals surface area contributed by atoms with Gasteiger partial charge >= 0.3 is 7.12 Å². The van der Waals surface area contributed by atoms with Crippen molar-refractivity contribution in [1.82, 2.24) is 19.9 Å². The van der Waals surface area contributed by atoms with Crippen molar-refractivity contribution in [3.63, 3.8) is 0 Å². The van der Waals surface area contributed by atoms with Gasteiger partial charge in [-0.15, -0.1) is 5.10 Å². The number of nitrogens with zero attached hydrogens (tertiary/aromatic N) is 5. The highest BCUT2D eigenvalue weighted by Crippen LogP contribution is 2.31. The molecule has 1 aromatic heterocycles. The van der Waals surface area contributed by atoms with E-state index in [4.69, 9.17) is 9.39 Å². The third kappa shape index (κ3) is 4.06.